The van der Waals surface area contributed by atoms with Crippen molar-refractivity contribution in [3.05, 3.63) is 18.2 Å². The van der Waals surface area contributed by atoms with Crippen LogP contribution in [0.25, 0.3) is 0 Å². The fourth-order valence-electron chi connectivity index (χ4n) is 2.33. The third-order valence-electron chi connectivity index (χ3n) is 3.66. The Bertz CT molecular complexity index is 364. The molecule has 120 valence electrons. The van der Waals surface area contributed by atoms with Gasteiger partial charge in [0.1, 0.15) is 0 Å². The highest BCUT2D eigenvalue weighted by Crippen LogP contribution is 2.07. The van der Waals surface area contributed by atoms with E-state index in [1.807, 2.05) is 0 Å². The van der Waals surface area contributed by atoms with Crippen LogP contribution in [-0.4, -0.2) is 28.5 Å². The van der Waals surface area contributed by atoms with Gasteiger partial charge in [-0.1, -0.05) is 51.9 Å². The Labute approximate surface area is 128 Å². The summed E-state index contributed by atoms with van der Waals surface area (Å²) in [5.74, 6) is -0.0763. The minimum atomic E-state index is -0.500. The first-order valence-corrected chi connectivity index (χ1v) is 8.24. The Kier molecular flexibility index (Phi) is 9.53. The van der Waals surface area contributed by atoms with Gasteiger partial charge < -0.3 is 16.0 Å². The molecule has 21 heavy (non-hydrogen) atoms. The van der Waals surface area contributed by atoms with E-state index in [0.29, 0.717) is 6.42 Å². The third-order valence-corrected chi connectivity index (χ3v) is 3.66. The maximum absolute atomic E-state index is 11.8. The van der Waals surface area contributed by atoms with Gasteiger partial charge in [0.05, 0.1) is 12.4 Å². The first-order chi connectivity index (χ1) is 10.2. The smallest absolute Gasteiger partial charge is 0.237 e. The first-order valence-electron chi connectivity index (χ1n) is 8.24. The molecule has 1 unspecified atom stereocenters. The molecule has 0 aliphatic rings. The summed E-state index contributed by atoms with van der Waals surface area (Å²) in [6, 6.07) is -0.500. The highest BCUT2D eigenvalue weighted by Gasteiger charge is 2.13. The van der Waals surface area contributed by atoms with Gasteiger partial charge in [0.25, 0.3) is 0 Å². The van der Waals surface area contributed by atoms with E-state index in [0.717, 1.165) is 18.7 Å². The van der Waals surface area contributed by atoms with Gasteiger partial charge in [0, 0.05) is 24.9 Å². The molecular weight excluding hydrogens is 264 g/mol. The number of imidazole rings is 1. The summed E-state index contributed by atoms with van der Waals surface area (Å²) in [7, 11) is 0. The Balaban J connectivity index is 1.95. The van der Waals surface area contributed by atoms with Crippen molar-refractivity contribution in [1.29, 1.82) is 0 Å². The maximum atomic E-state index is 11.8. The van der Waals surface area contributed by atoms with Gasteiger partial charge >= 0.3 is 0 Å². The lowest BCUT2D eigenvalue weighted by molar-refractivity contribution is -0.122. The number of H-pyrrole nitrogens is 1. The van der Waals surface area contributed by atoms with Crippen LogP contribution in [0.5, 0.6) is 0 Å². The Hall–Kier alpha value is -1.36. The van der Waals surface area contributed by atoms with Crippen molar-refractivity contribution in [2.45, 2.75) is 70.8 Å². The monoisotopic (exact) mass is 294 g/mol. The fourth-order valence-corrected chi connectivity index (χ4v) is 2.33. The lowest BCUT2D eigenvalue weighted by Gasteiger charge is -2.11. The van der Waals surface area contributed by atoms with E-state index in [9.17, 15) is 4.79 Å². The quantitative estimate of drug-likeness (QED) is 0.518. The predicted octanol–water partition coefficient (Wildman–Crippen LogP) is 2.54. The van der Waals surface area contributed by atoms with Gasteiger partial charge in [-0.05, 0) is 6.42 Å². The molecule has 1 aromatic heterocycles. The number of unbranched alkanes of at least 4 members (excludes halogenated alkanes) is 7. The Morgan fingerprint density at radius 3 is 2.52 bits per heavy atom. The van der Waals surface area contributed by atoms with Gasteiger partial charge in [-0.25, -0.2) is 4.98 Å². The fraction of sp³-hybridized carbons (Fsp3) is 0.750. The predicted molar refractivity (Wildman–Crippen MR) is 85.9 cm³/mol. The number of nitrogens with two attached hydrogens (primary N) is 1. The minimum Gasteiger partial charge on any atom is -0.355 e. The summed E-state index contributed by atoms with van der Waals surface area (Å²) in [6.45, 7) is 2.96. The second-order valence-electron chi connectivity index (χ2n) is 5.65. The number of amides is 1. The maximum Gasteiger partial charge on any atom is 0.237 e. The molecule has 1 amide bonds. The van der Waals surface area contributed by atoms with Crippen LogP contribution in [0.4, 0.5) is 0 Å². The van der Waals surface area contributed by atoms with Crippen molar-refractivity contribution in [3.63, 3.8) is 0 Å². The van der Waals surface area contributed by atoms with E-state index in [-0.39, 0.29) is 5.91 Å². The lowest BCUT2D eigenvalue weighted by atomic mass is 10.1. The van der Waals surface area contributed by atoms with Crippen molar-refractivity contribution in [2.75, 3.05) is 6.54 Å². The molecule has 5 nitrogen and oxygen atoms in total. The Morgan fingerprint density at radius 2 is 1.90 bits per heavy atom. The molecule has 1 atom stereocenters. The zero-order chi connectivity index (χ0) is 15.3. The molecule has 1 aromatic rings. The molecule has 1 heterocycles. The number of carbonyl (C=O) groups is 1. The molecule has 0 radical (unpaired) electrons. The van der Waals surface area contributed by atoms with Crippen LogP contribution in [0.2, 0.25) is 0 Å². The van der Waals surface area contributed by atoms with Crippen LogP contribution in [0.1, 0.15) is 64.0 Å². The van der Waals surface area contributed by atoms with Gasteiger partial charge in [0.2, 0.25) is 5.91 Å². The minimum absolute atomic E-state index is 0.0763. The number of hydrogen-bond acceptors (Lipinski definition) is 3. The molecule has 0 spiro atoms. The van der Waals surface area contributed by atoms with E-state index < -0.39 is 6.04 Å². The second-order valence-corrected chi connectivity index (χ2v) is 5.65. The number of carbonyl (C=O) groups excluding carboxylic acids is 1. The van der Waals surface area contributed by atoms with E-state index in [4.69, 9.17) is 5.73 Å². The molecule has 0 saturated heterocycles. The van der Waals surface area contributed by atoms with Crippen molar-refractivity contribution < 1.29 is 4.79 Å². The van der Waals surface area contributed by atoms with Crippen LogP contribution in [0.15, 0.2) is 12.5 Å². The van der Waals surface area contributed by atoms with E-state index >= 15 is 0 Å². The number of nitrogens with one attached hydrogen (secondary N) is 2. The third kappa shape index (κ3) is 8.50. The standard InChI is InChI=1S/C16H30N4O/c1-2-3-4-5-6-7-8-9-10-19-16(21)15(17)11-14-12-18-13-20-14/h12-13,15H,2-11,17H2,1H3,(H,18,20)(H,19,21). The molecule has 5 heteroatoms. The molecule has 0 aliphatic carbocycles. The van der Waals surface area contributed by atoms with Gasteiger partial charge in [0.15, 0.2) is 0 Å². The molecule has 4 N–H and O–H groups in total. The van der Waals surface area contributed by atoms with Crippen molar-refractivity contribution in [1.82, 2.24) is 15.3 Å². The summed E-state index contributed by atoms with van der Waals surface area (Å²) in [6.07, 6.45) is 13.9. The molecule has 0 fully saturated rings. The van der Waals surface area contributed by atoms with E-state index in [2.05, 4.69) is 22.2 Å². The normalized spacial score (nSPS) is 12.3. The van der Waals surface area contributed by atoms with E-state index in [1.165, 1.54) is 44.9 Å². The molecule has 0 saturated carbocycles. The first kappa shape index (κ1) is 17.7. The molecule has 0 aliphatic heterocycles. The average Bonchev–Trinajstić information content (AvgIpc) is 2.98. The van der Waals surface area contributed by atoms with Crippen LogP contribution in [-0.2, 0) is 11.2 Å². The number of rotatable bonds is 12. The summed E-state index contributed by atoms with van der Waals surface area (Å²) < 4.78 is 0. The van der Waals surface area contributed by atoms with Crippen LogP contribution >= 0.6 is 0 Å². The highest BCUT2D eigenvalue weighted by molar-refractivity contribution is 5.81. The number of aromatic amines is 1. The SMILES string of the molecule is CCCCCCCCCCNC(=O)C(N)Cc1cnc[nH]1. The van der Waals surface area contributed by atoms with Gasteiger partial charge in [-0.3, -0.25) is 4.79 Å². The zero-order valence-corrected chi connectivity index (χ0v) is 13.2. The summed E-state index contributed by atoms with van der Waals surface area (Å²) in [5, 5.41) is 2.91. The number of aromatic nitrogens is 2. The van der Waals surface area contributed by atoms with Gasteiger partial charge in [-0.2, -0.15) is 0 Å². The molecular formula is C16H30N4O. The van der Waals surface area contributed by atoms with Crippen LogP contribution < -0.4 is 11.1 Å². The van der Waals surface area contributed by atoms with E-state index in [1.54, 1.807) is 12.5 Å². The van der Waals surface area contributed by atoms with Gasteiger partial charge in [-0.15, -0.1) is 0 Å². The van der Waals surface area contributed by atoms with Crippen molar-refractivity contribution in [2.24, 2.45) is 5.73 Å². The second kappa shape index (κ2) is 11.3. The number of hydrogen-bond donors (Lipinski definition) is 3. The summed E-state index contributed by atoms with van der Waals surface area (Å²) >= 11 is 0. The van der Waals surface area contributed by atoms with Crippen LogP contribution in [0, 0.1) is 0 Å². The van der Waals surface area contributed by atoms with Crippen molar-refractivity contribution >= 4 is 5.91 Å². The molecule has 0 aromatic carbocycles. The highest BCUT2D eigenvalue weighted by atomic mass is 16.2. The zero-order valence-electron chi connectivity index (χ0n) is 13.2. The molecule has 0 bridgehead atoms. The average molecular weight is 294 g/mol. The Morgan fingerprint density at radius 1 is 1.24 bits per heavy atom. The topological polar surface area (TPSA) is 83.8 Å². The molecule has 1 rings (SSSR count). The summed E-state index contributed by atoms with van der Waals surface area (Å²) in [5.41, 5.74) is 6.75. The van der Waals surface area contributed by atoms with Crippen molar-refractivity contribution in [3.8, 4) is 0 Å². The lowest BCUT2D eigenvalue weighted by Crippen LogP contribution is -2.42. The summed E-state index contributed by atoms with van der Waals surface area (Å²) in [4.78, 5) is 18.7. The van der Waals surface area contributed by atoms with Crippen LogP contribution in [0.3, 0.4) is 0 Å². The number of nitrogens with zero attached hydrogens (tertiary/aromatic N) is 1. The largest absolute Gasteiger partial charge is 0.355 e.